The topological polar surface area (TPSA) is 30.5 Å². The molecule has 0 aromatic heterocycles. The van der Waals surface area contributed by atoms with Gasteiger partial charge in [0.15, 0.2) is 11.5 Å². The molecule has 19 heavy (non-hydrogen) atoms. The maximum Gasteiger partial charge on any atom is 0.231 e. The molecule has 0 radical (unpaired) electrons. The van der Waals surface area contributed by atoms with E-state index in [0.29, 0.717) is 12.8 Å². The van der Waals surface area contributed by atoms with E-state index in [2.05, 4.69) is 45.1 Å². The van der Waals surface area contributed by atoms with Crippen molar-refractivity contribution in [3.63, 3.8) is 0 Å². The number of thioether (sulfide) groups is 1. The van der Waals surface area contributed by atoms with Crippen molar-refractivity contribution in [1.82, 2.24) is 5.32 Å². The SMILES string of the molecule is CCNC(CSC(C)(C)C)c1ccc2c(c1)OCO2. The summed E-state index contributed by atoms with van der Waals surface area (Å²) < 4.78 is 11.1. The second kappa shape index (κ2) is 6.06. The van der Waals surface area contributed by atoms with Crippen molar-refractivity contribution in [3.05, 3.63) is 23.8 Å². The molecule has 0 bridgehead atoms. The van der Waals surface area contributed by atoms with Crippen molar-refractivity contribution in [1.29, 1.82) is 0 Å². The van der Waals surface area contributed by atoms with Crippen LogP contribution in [0.1, 0.15) is 39.3 Å². The van der Waals surface area contributed by atoms with E-state index in [1.54, 1.807) is 0 Å². The summed E-state index contributed by atoms with van der Waals surface area (Å²) in [6, 6.07) is 6.58. The number of benzene rings is 1. The van der Waals surface area contributed by atoms with Crippen LogP contribution in [-0.2, 0) is 0 Å². The molecule has 1 aliphatic rings. The molecular formula is C15H23NO2S. The number of nitrogens with one attached hydrogen (secondary N) is 1. The smallest absolute Gasteiger partial charge is 0.231 e. The van der Waals surface area contributed by atoms with Gasteiger partial charge in [-0.25, -0.2) is 0 Å². The van der Waals surface area contributed by atoms with Gasteiger partial charge in [-0.1, -0.05) is 33.8 Å². The van der Waals surface area contributed by atoms with E-state index >= 15 is 0 Å². The predicted octanol–water partition coefficient (Wildman–Crippen LogP) is 3.60. The van der Waals surface area contributed by atoms with Gasteiger partial charge in [0.25, 0.3) is 0 Å². The van der Waals surface area contributed by atoms with Crippen molar-refractivity contribution in [2.24, 2.45) is 0 Å². The van der Waals surface area contributed by atoms with Gasteiger partial charge in [0.2, 0.25) is 6.79 Å². The minimum atomic E-state index is 0.282. The number of ether oxygens (including phenoxy) is 2. The minimum Gasteiger partial charge on any atom is -0.454 e. The Labute approximate surface area is 120 Å². The molecule has 0 saturated carbocycles. The molecule has 0 fully saturated rings. The quantitative estimate of drug-likeness (QED) is 0.893. The fourth-order valence-electron chi connectivity index (χ4n) is 1.98. The summed E-state index contributed by atoms with van der Waals surface area (Å²) in [5.41, 5.74) is 1.27. The standard InChI is InChI=1S/C15H23NO2S/c1-5-16-12(9-19-15(2,3)4)11-6-7-13-14(8-11)18-10-17-13/h6-8,12,16H,5,9-10H2,1-4H3. The van der Waals surface area contributed by atoms with Crippen LogP contribution in [0.4, 0.5) is 0 Å². The van der Waals surface area contributed by atoms with E-state index in [9.17, 15) is 0 Å². The monoisotopic (exact) mass is 281 g/mol. The van der Waals surface area contributed by atoms with Crippen LogP contribution in [0.5, 0.6) is 11.5 Å². The highest BCUT2D eigenvalue weighted by Gasteiger charge is 2.20. The van der Waals surface area contributed by atoms with Crippen molar-refractivity contribution in [3.8, 4) is 11.5 Å². The van der Waals surface area contributed by atoms with Crippen LogP contribution in [0.25, 0.3) is 0 Å². The maximum atomic E-state index is 5.46. The molecule has 1 N–H and O–H groups in total. The van der Waals surface area contributed by atoms with Crippen molar-refractivity contribution >= 4 is 11.8 Å². The van der Waals surface area contributed by atoms with Gasteiger partial charge in [-0.15, -0.1) is 0 Å². The lowest BCUT2D eigenvalue weighted by Gasteiger charge is -2.24. The summed E-state index contributed by atoms with van der Waals surface area (Å²) in [7, 11) is 0. The lowest BCUT2D eigenvalue weighted by atomic mass is 10.1. The largest absolute Gasteiger partial charge is 0.454 e. The van der Waals surface area contributed by atoms with Crippen LogP contribution in [0.2, 0.25) is 0 Å². The second-order valence-electron chi connectivity index (χ2n) is 5.65. The second-order valence-corrected chi connectivity index (χ2v) is 7.49. The maximum absolute atomic E-state index is 5.46. The molecule has 1 aromatic carbocycles. The van der Waals surface area contributed by atoms with Gasteiger partial charge in [0.1, 0.15) is 0 Å². The molecule has 3 nitrogen and oxygen atoms in total. The summed E-state index contributed by atoms with van der Waals surface area (Å²) in [5.74, 6) is 2.76. The Morgan fingerprint density at radius 1 is 1.26 bits per heavy atom. The molecule has 1 atom stereocenters. The van der Waals surface area contributed by atoms with Crippen molar-refractivity contribution < 1.29 is 9.47 Å². The Hall–Kier alpha value is -0.870. The Bertz CT molecular complexity index is 429. The summed E-state index contributed by atoms with van der Waals surface area (Å²) in [5, 5.41) is 3.55. The van der Waals surface area contributed by atoms with E-state index in [1.165, 1.54) is 5.56 Å². The number of fused-ring (bicyclic) bond motifs is 1. The fourth-order valence-corrected chi connectivity index (χ4v) is 2.96. The Morgan fingerprint density at radius 3 is 2.68 bits per heavy atom. The van der Waals surface area contributed by atoms with Crippen LogP contribution in [0, 0.1) is 0 Å². The number of hydrogen-bond donors (Lipinski definition) is 1. The molecular weight excluding hydrogens is 258 g/mol. The van der Waals surface area contributed by atoms with Gasteiger partial charge in [-0.05, 0) is 24.2 Å². The predicted molar refractivity (Wildman–Crippen MR) is 81.2 cm³/mol. The Kier molecular flexibility index (Phi) is 4.63. The molecule has 2 rings (SSSR count). The molecule has 0 saturated heterocycles. The Morgan fingerprint density at radius 2 is 2.00 bits per heavy atom. The molecule has 4 heteroatoms. The molecule has 1 aromatic rings. The van der Waals surface area contributed by atoms with Gasteiger partial charge in [-0.2, -0.15) is 11.8 Å². The van der Waals surface area contributed by atoms with Crippen molar-refractivity contribution in [2.45, 2.75) is 38.5 Å². The zero-order valence-electron chi connectivity index (χ0n) is 12.2. The molecule has 1 unspecified atom stereocenters. The number of hydrogen-bond acceptors (Lipinski definition) is 4. The Balaban J connectivity index is 2.10. The summed E-state index contributed by atoms with van der Waals surface area (Å²) in [6.45, 7) is 10.2. The molecule has 0 aliphatic carbocycles. The highest BCUT2D eigenvalue weighted by atomic mass is 32.2. The van der Waals surface area contributed by atoms with Gasteiger partial charge in [0.05, 0.1) is 0 Å². The molecule has 0 amide bonds. The van der Waals surface area contributed by atoms with Crippen LogP contribution in [0.15, 0.2) is 18.2 Å². The highest BCUT2D eigenvalue weighted by molar-refractivity contribution is 8.00. The lowest BCUT2D eigenvalue weighted by molar-refractivity contribution is 0.174. The summed E-state index contributed by atoms with van der Waals surface area (Å²) in [4.78, 5) is 0. The van der Waals surface area contributed by atoms with Gasteiger partial charge < -0.3 is 14.8 Å². The first-order valence-electron chi connectivity index (χ1n) is 6.76. The van der Waals surface area contributed by atoms with Crippen LogP contribution in [-0.4, -0.2) is 23.8 Å². The van der Waals surface area contributed by atoms with Crippen LogP contribution >= 0.6 is 11.8 Å². The average Bonchev–Trinajstić information content (AvgIpc) is 2.80. The third-order valence-electron chi connectivity index (χ3n) is 2.93. The van der Waals surface area contributed by atoms with Crippen LogP contribution in [0.3, 0.4) is 0 Å². The molecule has 106 valence electrons. The average molecular weight is 281 g/mol. The summed E-state index contributed by atoms with van der Waals surface area (Å²) >= 11 is 1.98. The normalized spacial score (nSPS) is 15.6. The first-order chi connectivity index (χ1) is 8.99. The first kappa shape index (κ1) is 14.5. The van der Waals surface area contributed by atoms with E-state index in [-0.39, 0.29) is 4.75 Å². The van der Waals surface area contributed by atoms with E-state index in [1.807, 2.05) is 17.8 Å². The first-order valence-corrected chi connectivity index (χ1v) is 7.75. The van der Waals surface area contributed by atoms with Crippen molar-refractivity contribution in [2.75, 3.05) is 19.1 Å². The minimum absolute atomic E-state index is 0.282. The highest BCUT2D eigenvalue weighted by Crippen LogP contribution is 2.36. The van der Waals surface area contributed by atoms with Gasteiger partial charge >= 0.3 is 0 Å². The third kappa shape index (κ3) is 4.05. The zero-order chi connectivity index (χ0) is 13.9. The van der Waals surface area contributed by atoms with Crippen LogP contribution < -0.4 is 14.8 Å². The lowest BCUT2D eigenvalue weighted by Crippen LogP contribution is -2.25. The van der Waals surface area contributed by atoms with E-state index in [0.717, 1.165) is 23.8 Å². The molecule has 1 aliphatic heterocycles. The summed E-state index contributed by atoms with van der Waals surface area (Å²) in [6.07, 6.45) is 0. The zero-order valence-corrected chi connectivity index (χ0v) is 13.0. The number of rotatable bonds is 5. The fraction of sp³-hybridized carbons (Fsp3) is 0.600. The van der Waals surface area contributed by atoms with Gasteiger partial charge in [0, 0.05) is 16.5 Å². The van der Waals surface area contributed by atoms with E-state index in [4.69, 9.17) is 9.47 Å². The third-order valence-corrected chi connectivity index (χ3v) is 4.30. The molecule has 0 spiro atoms. The molecule has 1 heterocycles. The van der Waals surface area contributed by atoms with E-state index < -0.39 is 0 Å². The van der Waals surface area contributed by atoms with Gasteiger partial charge in [-0.3, -0.25) is 0 Å².